The lowest BCUT2D eigenvalue weighted by Crippen LogP contribution is -2.07. The third kappa shape index (κ3) is 3.54. The minimum absolute atomic E-state index is 0.231. The summed E-state index contributed by atoms with van der Waals surface area (Å²) in [5, 5.41) is 11.0. The average molecular weight is 316 g/mol. The molecule has 0 atom stereocenters. The van der Waals surface area contributed by atoms with Crippen LogP contribution in [0, 0.1) is 11.5 Å². The van der Waals surface area contributed by atoms with Crippen molar-refractivity contribution in [3.8, 4) is 23.2 Å². The molecular weight excluding hydrogens is 304 g/mol. The third-order valence-electron chi connectivity index (χ3n) is 3.19. The van der Waals surface area contributed by atoms with Crippen LogP contribution in [0.1, 0.15) is 10.4 Å². The molecule has 3 aromatic rings. The number of anilines is 1. The van der Waals surface area contributed by atoms with Crippen LogP contribution in [0.25, 0.3) is 11.3 Å². The molecule has 1 heterocycles. The Morgan fingerprint density at radius 2 is 1.79 bits per heavy atom. The Kier molecular flexibility index (Phi) is 4.45. The summed E-state index contributed by atoms with van der Waals surface area (Å²) in [5.41, 5.74) is 1.96. The summed E-state index contributed by atoms with van der Waals surface area (Å²) in [4.78, 5) is 20.2. The molecule has 0 bridgehead atoms. The monoisotopic (exact) mass is 316 g/mol. The van der Waals surface area contributed by atoms with Crippen molar-refractivity contribution in [3.05, 3.63) is 72.4 Å². The van der Waals surface area contributed by atoms with Crippen molar-refractivity contribution in [2.75, 3.05) is 5.32 Å². The van der Waals surface area contributed by atoms with Crippen molar-refractivity contribution in [1.82, 2.24) is 9.97 Å². The van der Waals surface area contributed by atoms with E-state index in [1.807, 2.05) is 6.07 Å². The fourth-order valence-electron chi connectivity index (χ4n) is 2.06. The number of hydrogen-bond acceptors (Lipinski definition) is 6. The van der Waals surface area contributed by atoms with Crippen LogP contribution >= 0.6 is 0 Å². The predicted octanol–water partition coefficient (Wildman–Crippen LogP) is 3.26. The number of carbonyl (C=O) groups excluding carboxylic acids is 1. The quantitative estimate of drug-likeness (QED) is 0.344. The Morgan fingerprint density at radius 3 is 2.50 bits per heavy atom. The average Bonchev–Trinajstić information content (AvgIpc) is 2.63. The molecule has 0 saturated heterocycles. The van der Waals surface area contributed by atoms with Gasteiger partial charge in [0, 0.05) is 11.8 Å². The largest absolute Gasteiger partial charge is 0.423 e. The van der Waals surface area contributed by atoms with Crippen molar-refractivity contribution in [2.45, 2.75) is 0 Å². The molecule has 1 aromatic heterocycles. The van der Waals surface area contributed by atoms with Crippen molar-refractivity contribution < 1.29 is 9.53 Å². The number of aromatic nitrogens is 2. The molecule has 2 aromatic carbocycles. The van der Waals surface area contributed by atoms with E-state index in [9.17, 15) is 4.79 Å². The topological polar surface area (TPSA) is 87.9 Å². The number of ether oxygens (including phenoxy) is 1. The van der Waals surface area contributed by atoms with E-state index in [-0.39, 0.29) is 5.95 Å². The summed E-state index contributed by atoms with van der Waals surface area (Å²) in [6, 6.07) is 17.5. The van der Waals surface area contributed by atoms with E-state index in [4.69, 9.17) is 10.00 Å². The molecular formula is C18H12N4O2. The fourth-order valence-corrected chi connectivity index (χ4v) is 2.06. The van der Waals surface area contributed by atoms with Crippen LogP contribution in [0.3, 0.4) is 0 Å². The molecule has 6 nitrogen and oxygen atoms in total. The Morgan fingerprint density at radius 1 is 1.04 bits per heavy atom. The predicted molar refractivity (Wildman–Crippen MR) is 88.1 cm³/mol. The van der Waals surface area contributed by atoms with E-state index in [0.717, 1.165) is 5.56 Å². The van der Waals surface area contributed by atoms with Gasteiger partial charge in [0.15, 0.2) is 6.19 Å². The van der Waals surface area contributed by atoms with Gasteiger partial charge in [0.25, 0.3) is 0 Å². The summed E-state index contributed by atoms with van der Waals surface area (Å²) in [6.45, 7) is 0. The first kappa shape index (κ1) is 15.2. The van der Waals surface area contributed by atoms with Crippen LogP contribution < -0.4 is 10.1 Å². The number of esters is 1. The molecule has 0 amide bonds. The lowest BCUT2D eigenvalue weighted by atomic mass is 10.1. The second kappa shape index (κ2) is 7.03. The highest BCUT2D eigenvalue weighted by molar-refractivity contribution is 5.91. The van der Waals surface area contributed by atoms with Crippen LogP contribution in [0.15, 0.2) is 66.9 Å². The maximum Gasteiger partial charge on any atom is 0.343 e. The lowest BCUT2D eigenvalue weighted by molar-refractivity contribution is 0.0735. The van der Waals surface area contributed by atoms with Gasteiger partial charge in [-0.05, 0) is 42.5 Å². The number of hydrogen-bond donors (Lipinski definition) is 1. The second-order valence-electron chi connectivity index (χ2n) is 4.78. The SMILES string of the molecule is N#CNc1nccc(-c2ccc(OC(=O)c3ccccc3)cc2)n1. The molecule has 0 aliphatic heterocycles. The smallest absolute Gasteiger partial charge is 0.343 e. The van der Waals surface area contributed by atoms with Gasteiger partial charge in [-0.1, -0.05) is 18.2 Å². The van der Waals surface area contributed by atoms with Gasteiger partial charge in [-0.15, -0.1) is 0 Å². The van der Waals surface area contributed by atoms with E-state index in [1.165, 1.54) is 0 Å². The minimum atomic E-state index is -0.411. The van der Waals surface area contributed by atoms with E-state index >= 15 is 0 Å². The Bertz CT molecular complexity index is 887. The molecule has 0 unspecified atom stereocenters. The first-order valence-corrected chi connectivity index (χ1v) is 7.12. The van der Waals surface area contributed by atoms with Gasteiger partial charge < -0.3 is 4.74 Å². The van der Waals surface area contributed by atoms with Crippen molar-refractivity contribution >= 4 is 11.9 Å². The van der Waals surface area contributed by atoms with Crippen molar-refractivity contribution in [2.24, 2.45) is 0 Å². The molecule has 0 aliphatic rings. The van der Waals surface area contributed by atoms with Crippen LogP contribution in [0.4, 0.5) is 5.95 Å². The molecule has 24 heavy (non-hydrogen) atoms. The van der Waals surface area contributed by atoms with Gasteiger partial charge >= 0.3 is 5.97 Å². The second-order valence-corrected chi connectivity index (χ2v) is 4.78. The Labute approximate surface area is 138 Å². The third-order valence-corrected chi connectivity index (χ3v) is 3.19. The van der Waals surface area contributed by atoms with Gasteiger partial charge in [-0.25, -0.2) is 14.8 Å². The standard InChI is InChI=1S/C18H12N4O2/c19-12-21-18-20-11-10-16(22-18)13-6-8-15(9-7-13)24-17(23)14-4-2-1-3-5-14/h1-11H,(H,20,21,22). The summed E-state index contributed by atoms with van der Waals surface area (Å²) in [7, 11) is 0. The van der Waals surface area contributed by atoms with Crippen molar-refractivity contribution in [1.29, 1.82) is 5.26 Å². The highest BCUT2D eigenvalue weighted by Gasteiger charge is 2.08. The summed E-state index contributed by atoms with van der Waals surface area (Å²) >= 11 is 0. The number of carbonyl (C=O) groups is 1. The van der Waals surface area contributed by atoms with Crippen LogP contribution in [0.2, 0.25) is 0 Å². The number of nitrogens with one attached hydrogen (secondary N) is 1. The van der Waals surface area contributed by atoms with Crippen LogP contribution in [-0.2, 0) is 0 Å². The molecule has 3 rings (SSSR count). The molecule has 0 spiro atoms. The van der Waals surface area contributed by atoms with Gasteiger partial charge in [-0.3, -0.25) is 5.32 Å². The zero-order valence-corrected chi connectivity index (χ0v) is 12.5. The number of rotatable bonds is 4. The number of benzene rings is 2. The van der Waals surface area contributed by atoms with E-state index in [0.29, 0.717) is 17.0 Å². The zero-order chi connectivity index (χ0) is 16.8. The fraction of sp³-hybridized carbons (Fsp3) is 0. The molecule has 0 saturated carbocycles. The zero-order valence-electron chi connectivity index (χ0n) is 12.5. The van der Waals surface area contributed by atoms with Gasteiger partial charge in [-0.2, -0.15) is 5.26 Å². The maximum atomic E-state index is 12.0. The van der Waals surface area contributed by atoms with E-state index < -0.39 is 5.97 Å². The highest BCUT2D eigenvalue weighted by atomic mass is 16.5. The normalized spacial score (nSPS) is 9.79. The van der Waals surface area contributed by atoms with Gasteiger partial charge in [0.2, 0.25) is 5.95 Å². The van der Waals surface area contributed by atoms with Crippen LogP contribution in [-0.4, -0.2) is 15.9 Å². The van der Waals surface area contributed by atoms with Gasteiger partial charge in [0.1, 0.15) is 5.75 Å². The summed E-state index contributed by atoms with van der Waals surface area (Å²) < 4.78 is 5.33. The van der Waals surface area contributed by atoms with E-state index in [2.05, 4.69) is 15.3 Å². The van der Waals surface area contributed by atoms with E-state index in [1.54, 1.807) is 67.0 Å². The first-order valence-electron chi connectivity index (χ1n) is 7.12. The lowest BCUT2D eigenvalue weighted by Gasteiger charge is -2.06. The molecule has 116 valence electrons. The molecule has 0 fully saturated rings. The minimum Gasteiger partial charge on any atom is -0.423 e. The van der Waals surface area contributed by atoms with Crippen molar-refractivity contribution in [3.63, 3.8) is 0 Å². The summed E-state index contributed by atoms with van der Waals surface area (Å²) in [5.74, 6) is 0.262. The molecule has 1 N–H and O–H groups in total. The first-order chi connectivity index (χ1) is 11.8. The molecule has 6 heteroatoms. The van der Waals surface area contributed by atoms with Crippen LogP contribution in [0.5, 0.6) is 5.75 Å². The molecule has 0 aliphatic carbocycles. The number of nitriles is 1. The summed E-state index contributed by atoms with van der Waals surface area (Å²) in [6.07, 6.45) is 3.34. The maximum absolute atomic E-state index is 12.0. The van der Waals surface area contributed by atoms with Gasteiger partial charge in [0.05, 0.1) is 11.3 Å². The Hall–Kier alpha value is -3.72. The Balaban J connectivity index is 1.75. The number of nitrogens with zero attached hydrogens (tertiary/aromatic N) is 3. The molecule has 0 radical (unpaired) electrons. The highest BCUT2D eigenvalue weighted by Crippen LogP contribution is 2.22.